The van der Waals surface area contributed by atoms with Gasteiger partial charge in [-0.25, -0.2) is 9.78 Å². The van der Waals surface area contributed by atoms with Crippen LogP contribution < -0.4 is 11.1 Å². The first-order valence-corrected chi connectivity index (χ1v) is 3.70. The number of methoxy groups -OCH3 is 1. The normalized spacial score (nSPS) is 9.38. The van der Waals surface area contributed by atoms with Gasteiger partial charge < -0.3 is 15.8 Å². The first kappa shape index (κ1) is 9.31. The number of anilines is 2. The van der Waals surface area contributed by atoms with Gasteiger partial charge in [0.05, 0.1) is 24.6 Å². The van der Waals surface area contributed by atoms with Crippen LogP contribution in [0.3, 0.4) is 0 Å². The summed E-state index contributed by atoms with van der Waals surface area (Å²) in [5, 5.41) is 2.80. The average Bonchev–Trinajstić information content (AvgIpc) is 2.17. The van der Waals surface area contributed by atoms with Crippen LogP contribution in [0.4, 0.5) is 11.5 Å². The highest BCUT2D eigenvalue weighted by Gasteiger charge is 2.10. The molecule has 0 saturated heterocycles. The van der Waals surface area contributed by atoms with Crippen molar-refractivity contribution in [3.63, 3.8) is 0 Å². The highest BCUT2D eigenvalue weighted by atomic mass is 16.5. The highest BCUT2D eigenvalue weighted by Crippen LogP contribution is 2.14. The number of carbonyl (C=O) groups excluding carboxylic acids is 1. The number of pyridine rings is 1. The lowest BCUT2D eigenvalue weighted by atomic mass is 10.2. The van der Waals surface area contributed by atoms with Gasteiger partial charge in [0.1, 0.15) is 5.82 Å². The van der Waals surface area contributed by atoms with E-state index in [4.69, 9.17) is 5.73 Å². The molecule has 1 rings (SSSR count). The number of esters is 1. The molecule has 1 aromatic heterocycles. The molecule has 5 nitrogen and oxygen atoms in total. The molecule has 0 spiro atoms. The molecular weight excluding hydrogens is 170 g/mol. The molecule has 13 heavy (non-hydrogen) atoms. The average molecular weight is 181 g/mol. The van der Waals surface area contributed by atoms with E-state index in [0.717, 1.165) is 0 Å². The summed E-state index contributed by atoms with van der Waals surface area (Å²) < 4.78 is 4.54. The molecule has 0 bridgehead atoms. The maximum absolute atomic E-state index is 11.1. The van der Waals surface area contributed by atoms with Crippen molar-refractivity contribution in [3.8, 4) is 0 Å². The minimum absolute atomic E-state index is 0.311. The fraction of sp³-hybridized carbons (Fsp3) is 0.250. The van der Waals surface area contributed by atoms with E-state index in [-0.39, 0.29) is 0 Å². The zero-order valence-electron chi connectivity index (χ0n) is 7.50. The Hall–Kier alpha value is -1.78. The lowest BCUT2D eigenvalue weighted by Gasteiger charge is -2.05. The fourth-order valence-corrected chi connectivity index (χ4v) is 0.889. The van der Waals surface area contributed by atoms with Crippen molar-refractivity contribution in [1.29, 1.82) is 0 Å². The van der Waals surface area contributed by atoms with Gasteiger partial charge in [-0.05, 0) is 6.07 Å². The van der Waals surface area contributed by atoms with Gasteiger partial charge in [0, 0.05) is 7.05 Å². The van der Waals surface area contributed by atoms with Crippen molar-refractivity contribution in [3.05, 3.63) is 17.8 Å². The molecule has 0 fully saturated rings. The fourth-order valence-electron chi connectivity index (χ4n) is 0.889. The van der Waals surface area contributed by atoms with E-state index in [9.17, 15) is 4.79 Å². The van der Waals surface area contributed by atoms with Crippen LogP contribution in [-0.4, -0.2) is 25.1 Å². The second kappa shape index (κ2) is 3.75. The Morgan fingerprint density at radius 1 is 1.69 bits per heavy atom. The van der Waals surface area contributed by atoms with Crippen molar-refractivity contribution in [1.82, 2.24) is 4.98 Å². The lowest BCUT2D eigenvalue weighted by Crippen LogP contribution is -2.07. The topological polar surface area (TPSA) is 77.2 Å². The van der Waals surface area contributed by atoms with Crippen LogP contribution in [0.15, 0.2) is 12.3 Å². The number of ether oxygens (including phenoxy) is 1. The van der Waals surface area contributed by atoms with Crippen LogP contribution in [0.2, 0.25) is 0 Å². The second-order valence-electron chi connectivity index (χ2n) is 2.40. The molecule has 0 aliphatic carbocycles. The number of nitrogens with zero attached hydrogens (tertiary/aromatic N) is 1. The van der Waals surface area contributed by atoms with Gasteiger partial charge in [-0.2, -0.15) is 0 Å². The SMILES string of the molecule is CNc1cc(C(=O)OC)c(N)cn1. The summed E-state index contributed by atoms with van der Waals surface area (Å²) in [5.74, 6) is 0.117. The van der Waals surface area contributed by atoms with Crippen molar-refractivity contribution in [2.75, 3.05) is 25.2 Å². The van der Waals surface area contributed by atoms with Crippen molar-refractivity contribution >= 4 is 17.5 Å². The van der Waals surface area contributed by atoms with Gasteiger partial charge in [-0.1, -0.05) is 0 Å². The molecule has 0 atom stereocenters. The summed E-state index contributed by atoms with van der Waals surface area (Å²) in [6.07, 6.45) is 1.41. The number of aromatic nitrogens is 1. The minimum Gasteiger partial charge on any atom is -0.465 e. The van der Waals surface area contributed by atoms with Crippen molar-refractivity contribution in [2.24, 2.45) is 0 Å². The van der Waals surface area contributed by atoms with E-state index in [2.05, 4.69) is 15.0 Å². The Bertz CT molecular complexity index is 325. The summed E-state index contributed by atoms with van der Waals surface area (Å²) >= 11 is 0. The van der Waals surface area contributed by atoms with Crippen LogP contribution in [-0.2, 0) is 4.74 Å². The van der Waals surface area contributed by atoms with Gasteiger partial charge in [-0.3, -0.25) is 0 Å². The van der Waals surface area contributed by atoms with Gasteiger partial charge in [0.2, 0.25) is 0 Å². The van der Waals surface area contributed by atoms with E-state index in [1.807, 2.05) is 0 Å². The number of hydrogen-bond acceptors (Lipinski definition) is 5. The summed E-state index contributed by atoms with van der Waals surface area (Å²) in [6, 6.07) is 1.54. The summed E-state index contributed by atoms with van der Waals surface area (Å²) in [5.41, 5.74) is 6.16. The zero-order chi connectivity index (χ0) is 9.84. The molecule has 0 aliphatic heterocycles. The van der Waals surface area contributed by atoms with E-state index in [1.54, 1.807) is 13.1 Å². The number of hydrogen-bond donors (Lipinski definition) is 2. The summed E-state index contributed by atoms with van der Waals surface area (Å²) in [7, 11) is 3.01. The molecule has 5 heteroatoms. The van der Waals surface area contributed by atoms with Crippen LogP contribution in [0, 0.1) is 0 Å². The molecule has 0 saturated carbocycles. The molecule has 0 unspecified atom stereocenters. The Morgan fingerprint density at radius 2 is 2.38 bits per heavy atom. The monoisotopic (exact) mass is 181 g/mol. The van der Waals surface area contributed by atoms with Gasteiger partial charge in [0.15, 0.2) is 0 Å². The van der Waals surface area contributed by atoms with E-state index in [1.165, 1.54) is 13.3 Å². The van der Waals surface area contributed by atoms with Gasteiger partial charge in [-0.15, -0.1) is 0 Å². The molecule has 0 amide bonds. The number of carbonyl (C=O) groups is 1. The Kier molecular flexibility index (Phi) is 2.69. The van der Waals surface area contributed by atoms with Crippen LogP contribution in [0.1, 0.15) is 10.4 Å². The van der Waals surface area contributed by atoms with Crippen LogP contribution in [0.5, 0.6) is 0 Å². The number of rotatable bonds is 2. The smallest absolute Gasteiger partial charge is 0.340 e. The molecule has 0 aliphatic rings. The number of nitrogens with one attached hydrogen (secondary N) is 1. The first-order chi connectivity index (χ1) is 6.19. The number of nitrogens with two attached hydrogens (primary N) is 1. The van der Waals surface area contributed by atoms with E-state index in [0.29, 0.717) is 17.1 Å². The largest absolute Gasteiger partial charge is 0.465 e. The Morgan fingerprint density at radius 3 is 2.92 bits per heavy atom. The maximum atomic E-state index is 11.1. The van der Waals surface area contributed by atoms with Crippen molar-refractivity contribution < 1.29 is 9.53 Å². The van der Waals surface area contributed by atoms with Gasteiger partial charge >= 0.3 is 5.97 Å². The summed E-state index contributed by atoms with van der Waals surface area (Å²) in [4.78, 5) is 15.1. The minimum atomic E-state index is -0.462. The Labute approximate surface area is 75.9 Å². The third-order valence-electron chi connectivity index (χ3n) is 1.60. The summed E-state index contributed by atoms with van der Waals surface area (Å²) in [6.45, 7) is 0. The molecule has 0 radical (unpaired) electrons. The molecule has 70 valence electrons. The molecule has 1 aromatic rings. The zero-order valence-corrected chi connectivity index (χ0v) is 7.50. The van der Waals surface area contributed by atoms with E-state index < -0.39 is 5.97 Å². The molecule has 3 N–H and O–H groups in total. The second-order valence-corrected chi connectivity index (χ2v) is 2.40. The highest BCUT2D eigenvalue weighted by molar-refractivity contribution is 5.95. The number of nitrogen functional groups attached to an aromatic ring is 1. The lowest BCUT2D eigenvalue weighted by molar-refractivity contribution is 0.0602. The van der Waals surface area contributed by atoms with Crippen LogP contribution in [0.25, 0.3) is 0 Å². The predicted octanol–water partition coefficient (Wildman–Crippen LogP) is 0.492. The maximum Gasteiger partial charge on any atom is 0.340 e. The standard InChI is InChI=1S/C8H11N3O2/c1-10-7-3-5(8(12)13-2)6(9)4-11-7/h3-4H,9H2,1-2H3,(H,10,11). The molecule has 0 aromatic carbocycles. The van der Waals surface area contributed by atoms with E-state index >= 15 is 0 Å². The van der Waals surface area contributed by atoms with Gasteiger partial charge in [0.25, 0.3) is 0 Å². The van der Waals surface area contributed by atoms with Crippen LogP contribution >= 0.6 is 0 Å². The first-order valence-electron chi connectivity index (χ1n) is 3.70. The molecule has 1 heterocycles. The Balaban J connectivity index is 3.11. The third-order valence-corrected chi connectivity index (χ3v) is 1.60. The molecular formula is C8H11N3O2. The quantitative estimate of drug-likeness (QED) is 0.649. The predicted molar refractivity (Wildman–Crippen MR) is 49.5 cm³/mol. The van der Waals surface area contributed by atoms with Crippen molar-refractivity contribution in [2.45, 2.75) is 0 Å². The third kappa shape index (κ3) is 1.87.